The highest BCUT2D eigenvalue weighted by atomic mass is 79.9. The lowest BCUT2D eigenvalue weighted by Crippen LogP contribution is -2.36. The minimum Gasteiger partial charge on any atom is -0.481 e. The van der Waals surface area contributed by atoms with E-state index in [0.29, 0.717) is 12.1 Å². The van der Waals surface area contributed by atoms with Gasteiger partial charge < -0.3 is 20.3 Å². The fourth-order valence-electron chi connectivity index (χ4n) is 3.11. The van der Waals surface area contributed by atoms with Crippen LogP contribution in [0.1, 0.15) is 29.2 Å². The molecule has 1 heterocycles. The Kier molecular flexibility index (Phi) is 7.25. The van der Waals surface area contributed by atoms with Crippen LogP contribution in [0.5, 0.6) is 0 Å². The number of hydrogen-bond acceptors (Lipinski definition) is 3. The maximum absolute atomic E-state index is 12.8. The van der Waals surface area contributed by atoms with Crippen molar-refractivity contribution in [2.45, 2.75) is 25.9 Å². The lowest BCUT2D eigenvalue weighted by molar-refractivity contribution is -0.137. The molecule has 0 saturated heterocycles. The molecule has 1 aromatic heterocycles. The van der Waals surface area contributed by atoms with Crippen LogP contribution in [0.15, 0.2) is 76.1 Å². The van der Waals surface area contributed by atoms with Crippen LogP contribution in [0.25, 0.3) is 0 Å². The Hall–Kier alpha value is -3.39. The molecular weight excluding hydrogens is 462 g/mol. The highest BCUT2D eigenvalue weighted by molar-refractivity contribution is 9.10. The first kappa shape index (κ1) is 22.3. The molecule has 31 heavy (non-hydrogen) atoms. The average Bonchev–Trinajstić information content (AvgIpc) is 2.72. The molecule has 0 radical (unpaired) electrons. The number of hydrogen-bond donors (Lipinski definition) is 3. The van der Waals surface area contributed by atoms with Crippen molar-refractivity contribution in [3.8, 4) is 0 Å². The summed E-state index contributed by atoms with van der Waals surface area (Å²) in [6, 6.07) is 16.6. The number of urea groups is 1. The molecule has 0 fully saturated rings. The van der Waals surface area contributed by atoms with E-state index in [1.54, 1.807) is 24.4 Å². The van der Waals surface area contributed by atoms with Gasteiger partial charge in [0.2, 0.25) is 0 Å². The largest absolute Gasteiger partial charge is 0.481 e. The van der Waals surface area contributed by atoms with Crippen molar-refractivity contribution in [3.63, 3.8) is 0 Å². The Morgan fingerprint density at radius 2 is 1.77 bits per heavy atom. The Balaban J connectivity index is 1.76. The number of halogens is 1. The number of carbonyl (C=O) groups is 2. The molecule has 0 bridgehead atoms. The van der Waals surface area contributed by atoms with Gasteiger partial charge in [-0.15, -0.1) is 0 Å². The smallest absolute Gasteiger partial charge is 0.319 e. The molecule has 1 atom stereocenters. The zero-order valence-corrected chi connectivity index (χ0v) is 18.4. The summed E-state index contributed by atoms with van der Waals surface area (Å²) in [5, 5.41) is 14.4. The molecule has 3 N–H and O–H groups in total. The molecule has 2 aromatic carbocycles. The normalized spacial score (nSPS) is 11.5. The van der Waals surface area contributed by atoms with Crippen molar-refractivity contribution in [1.82, 2.24) is 9.88 Å². The highest BCUT2D eigenvalue weighted by Gasteiger charge is 2.19. The number of benzene rings is 2. The number of pyridine rings is 1. The van der Waals surface area contributed by atoms with E-state index >= 15 is 0 Å². The van der Waals surface area contributed by atoms with Crippen molar-refractivity contribution in [3.05, 3.63) is 98.4 Å². The van der Waals surface area contributed by atoms with Gasteiger partial charge in [0.15, 0.2) is 0 Å². The zero-order chi connectivity index (χ0) is 22.4. The minimum atomic E-state index is -1.04. The van der Waals surface area contributed by atoms with Gasteiger partial charge in [0.1, 0.15) is 5.69 Å². The number of carboxylic acid groups (broad SMARTS) is 1. The molecule has 8 heteroatoms. The topological polar surface area (TPSA) is 100 Å². The second-order valence-electron chi connectivity index (χ2n) is 7.11. The van der Waals surface area contributed by atoms with E-state index in [4.69, 9.17) is 0 Å². The number of carboxylic acids is 1. The van der Waals surface area contributed by atoms with E-state index in [-0.39, 0.29) is 17.7 Å². The Morgan fingerprint density at radius 1 is 1.06 bits per heavy atom. The number of carbonyl (C=O) groups excluding carboxylic acids is 1. The third kappa shape index (κ3) is 6.05. The lowest BCUT2D eigenvalue weighted by Gasteiger charge is -2.18. The summed E-state index contributed by atoms with van der Waals surface area (Å²) < 4.78 is 2.37. The molecule has 160 valence electrons. The van der Waals surface area contributed by atoms with Crippen LogP contribution in [0, 0.1) is 6.92 Å². The Morgan fingerprint density at radius 3 is 2.45 bits per heavy atom. The maximum atomic E-state index is 12.8. The summed E-state index contributed by atoms with van der Waals surface area (Å²) >= 11 is 3.47. The molecule has 7 nitrogen and oxygen atoms in total. The molecule has 2 amide bonds. The SMILES string of the molecule is Cc1ccc([C@H](CC(=O)O)NC(=O)Nc2cccn(Cc3ccccc3Br)c2=O)cc1. The number of nitrogens with one attached hydrogen (secondary N) is 2. The van der Waals surface area contributed by atoms with Crippen LogP contribution in [0.4, 0.5) is 10.5 Å². The second-order valence-corrected chi connectivity index (χ2v) is 7.96. The van der Waals surface area contributed by atoms with E-state index in [1.165, 1.54) is 10.6 Å². The van der Waals surface area contributed by atoms with E-state index in [1.807, 2.05) is 43.3 Å². The molecule has 0 unspecified atom stereocenters. The van der Waals surface area contributed by atoms with Gasteiger partial charge in [-0.2, -0.15) is 0 Å². The van der Waals surface area contributed by atoms with Gasteiger partial charge in [-0.3, -0.25) is 9.59 Å². The van der Waals surface area contributed by atoms with Crippen LogP contribution in [0.2, 0.25) is 0 Å². The maximum Gasteiger partial charge on any atom is 0.319 e. The van der Waals surface area contributed by atoms with Crippen LogP contribution < -0.4 is 16.2 Å². The van der Waals surface area contributed by atoms with E-state index in [0.717, 1.165) is 15.6 Å². The predicted molar refractivity (Wildman–Crippen MR) is 122 cm³/mol. The van der Waals surface area contributed by atoms with Gasteiger partial charge in [-0.1, -0.05) is 64.0 Å². The van der Waals surface area contributed by atoms with Crippen LogP contribution in [0.3, 0.4) is 0 Å². The summed E-state index contributed by atoms with van der Waals surface area (Å²) in [4.78, 5) is 36.6. The molecule has 0 aliphatic carbocycles. The van der Waals surface area contributed by atoms with Crippen molar-refractivity contribution in [2.24, 2.45) is 0 Å². The minimum absolute atomic E-state index is 0.102. The first-order chi connectivity index (χ1) is 14.8. The van der Waals surface area contributed by atoms with Gasteiger partial charge in [0.05, 0.1) is 19.0 Å². The quantitative estimate of drug-likeness (QED) is 0.466. The number of aryl methyl sites for hydroxylation is 1. The van der Waals surface area contributed by atoms with Gasteiger partial charge in [0, 0.05) is 10.7 Å². The van der Waals surface area contributed by atoms with Crippen LogP contribution in [-0.4, -0.2) is 21.7 Å². The van der Waals surface area contributed by atoms with Crippen molar-refractivity contribution in [1.29, 1.82) is 0 Å². The zero-order valence-electron chi connectivity index (χ0n) is 16.8. The van der Waals surface area contributed by atoms with E-state index in [9.17, 15) is 19.5 Å². The molecule has 3 aromatic rings. The highest BCUT2D eigenvalue weighted by Crippen LogP contribution is 2.19. The monoisotopic (exact) mass is 483 g/mol. The fraction of sp³-hybridized carbons (Fsp3) is 0.174. The fourth-order valence-corrected chi connectivity index (χ4v) is 3.52. The summed E-state index contributed by atoms with van der Waals surface area (Å²) in [5.74, 6) is -1.04. The summed E-state index contributed by atoms with van der Waals surface area (Å²) in [6.07, 6.45) is 1.36. The van der Waals surface area contributed by atoms with Gasteiger partial charge in [0.25, 0.3) is 5.56 Å². The first-order valence-electron chi connectivity index (χ1n) is 9.62. The molecule has 3 rings (SSSR count). The number of rotatable bonds is 7. The van der Waals surface area contributed by atoms with Gasteiger partial charge in [-0.25, -0.2) is 4.79 Å². The number of anilines is 1. The second kappa shape index (κ2) is 10.1. The summed E-state index contributed by atoms with van der Waals surface area (Å²) in [5.41, 5.74) is 2.36. The third-order valence-corrected chi connectivity index (χ3v) is 5.50. The molecular formula is C23H22BrN3O4. The molecule has 0 saturated carbocycles. The average molecular weight is 484 g/mol. The summed E-state index contributed by atoms with van der Waals surface area (Å²) in [7, 11) is 0. The molecule has 0 aliphatic rings. The summed E-state index contributed by atoms with van der Waals surface area (Å²) in [6.45, 7) is 2.26. The van der Waals surface area contributed by atoms with Crippen LogP contribution in [-0.2, 0) is 11.3 Å². The van der Waals surface area contributed by atoms with Crippen molar-refractivity contribution in [2.75, 3.05) is 5.32 Å². The number of aliphatic carboxylic acids is 1. The Bertz CT molecular complexity index is 1140. The Labute approximate surface area is 187 Å². The number of amides is 2. The van der Waals surface area contributed by atoms with Gasteiger partial charge >= 0.3 is 12.0 Å². The van der Waals surface area contributed by atoms with Crippen LogP contribution >= 0.6 is 15.9 Å². The van der Waals surface area contributed by atoms with E-state index < -0.39 is 18.0 Å². The van der Waals surface area contributed by atoms with Crippen molar-refractivity contribution < 1.29 is 14.7 Å². The lowest BCUT2D eigenvalue weighted by atomic mass is 10.0. The first-order valence-corrected chi connectivity index (χ1v) is 10.4. The van der Waals surface area contributed by atoms with Crippen molar-refractivity contribution >= 4 is 33.6 Å². The van der Waals surface area contributed by atoms with Gasteiger partial charge in [-0.05, 0) is 36.2 Å². The molecule has 0 spiro atoms. The van der Waals surface area contributed by atoms with E-state index in [2.05, 4.69) is 26.6 Å². The standard InChI is InChI=1S/C23H22BrN3O4/c1-15-8-10-16(11-9-15)20(13-21(28)29)26-23(31)25-19-7-4-12-27(22(19)30)14-17-5-2-3-6-18(17)24/h2-12,20H,13-14H2,1H3,(H,28,29)(H2,25,26,31)/t20-/m0/s1. The third-order valence-electron chi connectivity index (χ3n) is 4.73. The number of aromatic nitrogens is 1. The number of nitrogens with zero attached hydrogens (tertiary/aromatic N) is 1. The molecule has 0 aliphatic heterocycles. The predicted octanol–water partition coefficient (Wildman–Crippen LogP) is 4.31.